The van der Waals surface area contributed by atoms with Crippen molar-refractivity contribution < 1.29 is 27.8 Å². The van der Waals surface area contributed by atoms with Crippen molar-refractivity contribution in [2.24, 2.45) is 0 Å². The number of benzene rings is 2. The molecule has 26 heavy (non-hydrogen) atoms. The number of ether oxygens (including phenoxy) is 1. The first-order chi connectivity index (χ1) is 12.3. The molecule has 0 amide bonds. The van der Waals surface area contributed by atoms with E-state index in [0.717, 1.165) is 6.07 Å². The van der Waals surface area contributed by atoms with E-state index in [-0.39, 0.29) is 11.3 Å². The molecular formula is C19H16F3NO3. The van der Waals surface area contributed by atoms with Crippen LogP contribution in [0.5, 0.6) is 5.75 Å². The Morgan fingerprint density at radius 3 is 2.58 bits per heavy atom. The zero-order chi connectivity index (χ0) is 18.9. The lowest BCUT2D eigenvalue weighted by molar-refractivity contribution is -0.137. The van der Waals surface area contributed by atoms with Crippen molar-refractivity contribution >= 4 is 16.9 Å². The van der Waals surface area contributed by atoms with Crippen LogP contribution in [0.2, 0.25) is 0 Å². The summed E-state index contributed by atoms with van der Waals surface area (Å²) in [6, 6.07) is 10.1. The van der Waals surface area contributed by atoms with Gasteiger partial charge in [0.2, 0.25) is 0 Å². The smallest absolute Gasteiger partial charge is 0.417 e. The third-order valence-corrected chi connectivity index (χ3v) is 4.02. The highest BCUT2D eigenvalue weighted by atomic mass is 19.4. The highest BCUT2D eigenvalue weighted by Gasteiger charge is 2.34. The van der Waals surface area contributed by atoms with Gasteiger partial charge in [0.05, 0.1) is 24.3 Å². The molecule has 0 unspecified atom stereocenters. The van der Waals surface area contributed by atoms with Gasteiger partial charge in [-0.3, -0.25) is 4.79 Å². The van der Waals surface area contributed by atoms with Gasteiger partial charge in [0.25, 0.3) is 0 Å². The number of H-pyrrole nitrogens is 1. The number of aromatic nitrogens is 1. The summed E-state index contributed by atoms with van der Waals surface area (Å²) >= 11 is 0. The van der Waals surface area contributed by atoms with Crippen LogP contribution in [0.1, 0.15) is 18.1 Å². The van der Waals surface area contributed by atoms with Crippen molar-refractivity contribution in [3.05, 3.63) is 53.6 Å². The van der Waals surface area contributed by atoms with Gasteiger partial charge in [-0.05, 0) is 36.8 Å². The van der Waals surface area contributed by atoms with Crippen molar-refractivity contribution in [2.45, 2.75) is 19.5 Å². The van der Waals surface area contributed by atoms with Gasteiger partial charge in [0.1, 0.15) is 5.75 Å². The van der Waals surface area contributed by atoms with E-state index in [1.807, 2.05) is 6.92 Å². The first kappa shape index (κ1) is 17.8. The van der Waals surface area contributed by atoms with E-state index in [1.165, 1.54) is 18.2 Å². The number of rotatable bonds is 5. The summed E-state index contributed by atoms with van der Waals surface area (Å²) in [5, 5.41) is 9.78. The zero-order valence-electron chi connectivity index (χ0n) is 13.9. The largest absolute Gasteiger partial charge is 0.494 e. The van der Waals surface area contributed by atoms with E-state index >= 15 is 0 Å². The molecule has 0 fully saturated rings. The Bertz CT molecular complexity index is 960. The first-order valence-corrected chi connectivity index (χ1v) is 7.97. The van der Waals surface area contributed by atoms with Crippen molar-refractivity contribution in [1.29, 1.82) is 0 Å². The third kappa shape index (κ3) is 3.37. The van der Waals surface area contributed by atoms with Crippen LogP contribution in [-0.4, -0.2) is 22.7 Å². The maximum atomic E-state index is 13.4. The predicted octanol–water partition coefficient (Wildman–Crippen LogP) is 4.88. The molecule has 0 bridgehead atoms. The van der Waals surface area contributed by atoms with Crippen LogP contribution in [0.4, 0.5) is 13.2 Å². The van der Waals surface area contributed by atoms with Gasteiger partial charge in [-0.1, -0.05) is 18.2 Å². The minimum absolute atomic E-state index is 0.0783. The number of aromatic amines is 1. The van der Waals surface area contributed by atoms with E-state index < -0.39 is 24.1 Å². The Morgan fingerprint density at radius 1 is 1.19 bits per heavy atom. The van der Waals surface area contributed by atoms with Crippen LogP contribution >= 0.6 is 0 Å². The number of carboxylic acid groups (broad SMARTS) is 1. The molecule has 1 heterocycles. The van der Waals surface area contributed by atoms with E-state index in [0.29, 0.717) is 28.8 Å². The Kier molecular flexibility index (Phi) is 4.63. The molecule has 0 spiro atoms. The lowest BCUT2D eigenvalue weighted by atomic mass is 9.98. The average molecular weight is 363 g/mol. The predicted molar refractivity (Wildman–Crippen MR) is 91.2 cm³/mol. The van der Waals surface area contributed by atoms with Crippen LogP contribution in [0.15, 0.2) is 42.5 Å². The second kappa shape index (κ2) is 6.74. The number of aliphatic carboxylic acids is 1. The summed E-state index contributed by atoms with van der Waals surface area (Å²) in [6.07, 6.45) is -4.96. The molecule has 0 aliphatic heterocycles. The fourth-order valence-electron chi connectivity index (χ4n) is 3.00. The quantitative estimate of drug-likeness (QED) is 0.679. The number of hydrogen-bond acceptors (Lipinski definition) is 2. The normalized spacial score (nSPS) is 11.7. The Hall–Kier alpha value is -2.96. The van der Waals surface area contributed by atoms with Crippen LogP contribution < -0.4 is 4.74 Å². The monoisotopic (exact) mass is 363 g/mol. The van der Waals surface area contributed by atoms with Gasteiger partial charge in [0, 0.05) is 16.5 Å². The van der Waals surface area contributed by atoms with Crippen LogP contribution in [0, 0.1) is 0 Å². The molecule has 0 aliphatic rings. The second-order valence-electron chi connectivity index (χ2n) is 5.73. The summed E-state index contributed by atoms with van der Waals surface area (Å²) < 4.78 is 45.6. The molecule has 0 saturated carbocycles. The molecule has 2 N–H and O–H groups in total. The molecule has 0 atom stereocenters. The number of halogens is 3. The van der Waals surface area contributed by atoms with E-state index in [1.54, 1.807) is 18.2 Å². The number of alkyl halides is 3. The Balaban J connectivity index is 2.28. The number of carboxylic acids is 1. The molecular weight excluding hydrogens is 347 g/mol. The fraction of sp³-hybridized carbons (Fsp3) is 0.211. The van der Waals surface area contributed by atoms with Crippen molar-refractivity contribution in [1.82, 2.24) is 4.98 Å². The topological polar surface area (TPSA) is 62.3 Å². The molecule has 2 aromatic carbocycles. The molecule has 1 aromatic heterocycles. The maximum absolute atomic E-state index is 13.4. The van der Waals surface area contributed by atoms with Crippen molar-refractivity contribution in [2.75, 3.05) is 6.61 Å². The third-order valence-electron chi connectivity index (χ3n) is 4.02. The number of carbonyl (C=O) groups is 1. The van der Waals surface area contributed by atoms with Gasteiger partial charge in [-0.25, -0.2) is 0 Å². The summed E-state index contributed by atoms with van der Waals surface area (Å²) in [6.45, 7) is 2.23. The molecule has 3 aromatic rings. The van der Waals surface area contributed by atoms with Crippen molar-refractivity contribution in [3.8, 4) is 17.0 Å². The minimum atomic E-state index is -4.55. The second-order valence-corrected chi connectivity index (χ2v) is 5.73. The van der Waals surface area contributed by atoms with Gasteiger partial charge in [-0.2, -0.15) is 13.2 Å². The number of hydrogen-bond donors (Lipinski definition) is 2. The number of nitrogens with one attached hydrogen (secondary N) is 1. The standard InChI is InChI=1S/C19H16F3NO3/c1-2-26-11-7-8-16-13(9-11)14(10-17(24)25)18(23-16)12-5-3-4-6-15(12)19(20,21)22/h3-9,23H,2,10H2,1H3,(H,24,25). The van der Waals surface area contributed by atoms with E-state index in [4.69, 9.17) is 4.74 Å². The van der Waals surface area contributed by atoms with E-state index in [9.17, 15) is 23.1 Å². The summed E-state index contributed by atoms with van der Waals surface area (Å²) in [7, 11) is 0. The Labute approximate surface area is 147 Å². The van der Waals surface area contributed by atoms with Crippen LogP contribution in [0.25, 0.3) is 22.2 Å². The highest BCUT2D eigenvalue weighted by Crippen LogP contribution is 2.40. The first-order valence-electron chi connectivity index (χ1n) is 7.97. The molecule has 7 heteroatoms. The minimum Gasteiger partial charge on any atom is -0.494 e. The maximum Gasteiger partial charge on any atom is 0.417 e. The molecule has 0 saturated heterocycles. The van der Waals surface area contributed by atoms with Crippen LogP contribution in [-0.2, 0) is 17.4 Å². The molecule has 0 aliphatic carbocycles. The summed E-state index contributed by atoms with van der Waals surface area (Å²) in [5.41, 5.74) is 0.111. The summed E-state index contributed by atoms with van der Waals surface area (Å²) in [5.74, 6) is -0.597. The summed E-state index contributed by atoms with van der Waals surface area (Å²) in [4.78, 5) is 14.3. The zero-order valence-corrected chi connectivity index (χ0v) is 13.9. The van der Waals surface area contributed by atoms with Crippen LogP contribution in [0.3, 0.4) is 0 Å². The van der Waals surface area contributed by atoms with E-state index in [2.05, 4.69) is 4.98 Å². The van der Waals surface area contributed by atoms with Gasteiger partial charge < -0.3 is 14.8 Å². The lowest BCUT2D eigenvalue weighted by Crippen LogP contribution is -2.08. The SMILES string of the molecule is CCOc1ccc2[nH]c(-c3ccccc3C(F)(F)F)c(CC(=O)O)c2c1. The molecule has 3 rings (SSSR count). The lowest BCUT2D eigenvalue weighted by Gasteiger charge is -2.13. The fourth-order valence-corrected chi connectivity index (χ4v) is 3.00. The van der Waals surface area contributed by atoms with Gasteiger partial charge in [0.15, 0.2) is 0 Å². The highest BCUT2D eigenvalue weighted by molar-refractivity contribution is 5.95. The molecule has 136 valence electrons. The van der Waals surface area contributed by atoms with Gasteiger partial charge in [-0.15, -0.1) is 0 Å². The molecule has 4 nitrogen and oxygen atoms in total. The number of fused-ring (bicyclic) bond motifs is 1. The van der Waals surface area contributed by atoms with Crippen molar-refractivity contribution in [3.63, 3.8) is 0 Å². The molecule has 0 radical (unpaired) electrons. The van der Waals surface area contributed by atoms with Gasteiger partial charge >= 0.3 is 12.1 Å². The Morgan fingerprint density at radius 2 is 1.92 bits per heavy atom. The average Bonchev–Trinajstić information content (AvgIpc) is 2.92.